The first-order chi connectivity index (χ1) is 5.31. The summed E-state index contributed by atoms with van der Waals surface area (Å²) in [4.78, 5) is 0. The lowest BCUT2D eigenvalue weighted by molar-refractivity contribution is 0.0337. The average molecular weight is 192 g/mol. The van der Waals surface area contributed by atoms with E-state index in [4.69, 9.17) is 0 Å². The van der Waals surface area contributed by atoms with Gasteiger partial charge < -0.3 is 5.11 Å². The minimum Gasteiger partial charge on any atom is -0.390 e. The molecule has 4 heteroatoms. The predicted molar refractivity (Wildman–Crippen MR) is 47.7 cm³/mol. The van der Waals surface area contributed by atoms with E-state index < -0.39 is 15.4 Å². The molecule has 3 nitrogen and oxygen atoms in total. The van der Waals surface area contributed by atoms with Crippen molar-refractivity contribution < 1.29 is 13.5 Å². The van der Waals surface area contributed by atoms with E-state index >= 15 is 0 Å². The summed E-state index contributed by atoms with van der Waals surface area (Å²) in [5.41, 5.74) is -0.761. The van der Waals surface area contributed by atoms with E-state index in [1.54, 1.807) is 6.92 Å². The van der Waals surface area contributed by atoms with Gasteiger partial charge in [-0.2, -0.15) is 0 Å². The molecule has 1 rings (SSSR count). The molecule has 0 spiro atoms. The van der Waals surface area contributed by atoms with Crippen molar-refractivity contribution in [2.75, 3.05) is 12.0 Å². The summed E-state index contributed by atoms with van der Waals surface area (Å²) < 4.78 is 21.6. The maximum absolute atomic E-state index is 10.8. The standard InChI is InChI=1S/C8H16O3S/c1-8(9,7-3-4-7)5-6-12(2,10)11/h7,9H,3-6H2,1-2H3. The largest absolute Gasteiger partial charge is 0.390 e. The highest BCUT2D eigenvalue weighted by molar-refractivity contribution is 7.90. The Morgan fingerprint density at radius 2 is 2.00 bits per heavy atom. The van der Waals surface area contributed by atoms with E-state index in [0.29, 0.717) is 12.3 Å². The van der Waals surface area contributed by atoms with E-state index in [-0.39, 0.29) is 5.75 Å². The molecule has 0 radical (unpaired) electrons. The Labute approximate surface area is 73.7 Å². The van der Waals surface area contributed by atoms with Crippen molar-refractivity contribution in [3.05, 3.63) is 0 Å². The Bertz CT molecular complexity index is 249. The van der Waals surface area contributed by atoms with Crippen molar-refractivity contribution in [1.29, 1.82) is 0 Å². The fourth-order valence-corrected chi connectivity index (χ4v) is 2.09. The van der Waals surface area contributed by atoms with E-state index in [9.17, 15) is 13.5 Å². The quantitative estimate of drug-likeness (QED) is 0.709. The zero-order valence-corrected chi connectivity index (χ0v) is 8.39. The van der Waals surface area contributed by atoms with Gasteiger partial charge in [0.15, 0.2) is 0 Å². The second kappa shape index (κ2) is 3.00. The Hall–Kier alpha value is -0.0900. The average Bonchev–Trinajstić information content (AvgIpc) is 2.62. The smallest absolute Gasteiger partial charge is 0.147 e. The minimum atomic E-state index is -2.92. The first-order valence-electron chi connectivity index (χ1n) is 4.21. The molecular weight excluding hydrogens is 176 g/mol. The van der Waals surface area contributed by atoms with Crippen molar-refractivity contribution in [2.45, 2.75) is 31.8 Å². The van der Waals surface area contributed by atoms with Gasteiger partial charge in [0.1, 0.15) is 9.84 Å². The summed E-state index contributed by atoms with van der Waals surface area (Å²) in [6.45, 7) is 1.73. The summed E-state index contributed by atoms with van der Waals surface area (Å²) in [6.07, 6.45) is 3.65. The van der Waals surface area contributed by atoms with Crippen LogP contribution in [0.2, 0.25) is 0 Å². The summed E-state index contributed by atoms with van der Waals surface area (Å²) in [7, 11) is -2.92. The Kier molecular flexibility index (Phi) is 2.50. The molecule has 1 saturated carbocycles. The molecule has 0 saturated heterocycles. The number of hydrogen-bond acceptors (Lipinski definition) is 3. The van der Waals surface area contributed by atoms with Gasteiger partial charge in [0.05, 0.1) is 11.4 Å². The van der Waals surface area contributed by atoms with Crippen LogP contribution in [0.5, 0.6) is 0 Å². The zero-order valence-electron chi connectivity index (χ0n) is 7.58. The summed E-state index contributed by atoms with van der Waals surface area (Å²) in [5.74, 6) is 0.426. The lowest BCUT2D eigenvalue weighted by atomic mass is 9.98. The van der Waals surface area contributed by atoms with Gasteiger partial charge >= 0.3 is 0 Å². The van der Waals surface area contributed by atoms with Crippen LogP contribution in [-0.4, -0.2) is 31.1 Å². The van der Waals surface area contributed by atoms with E-state index in [2.05, 4.69) is 0 Å². The number of sulfone groups is 1. The monoisotopic (exact) mass is 192 g/mol. The van der Waals surface area contributed by atoms with Crippen LogP contribution in [0.4, 0.5) is 0 Å². The van der Waals surface area contributed by atoms with Gasteiger partial charge in [-0.15, -0.1) is 0 Å². The van der Waals surface area contributed by atoms with Gasteiger partial charge in [-0.25, -0.2) is 8.42 Å². The molecule has 0 aliphatic heterocycles. The van der Waals surface area contributed by atoms with Gasteiger partial charge in [-0.1, -0.05) is 0 Å². The fourth-order valence-electron chi connectivity index (χ4n) is 1.30. The molecular formula is C8H16O3S. The van der Waals surface area contributed by atoms with Gasteiger partial charge in [0.2, 0.25) is 0 Å². The number of rotatable bonds is 4. The summed E-state index contributed by atoms with van der Waals surface area (Å²) >= 11 is 0. The molecule has 1 fully saturated rings. The normalized spacial score (nSPS) is 23.6. The first-order valence-corrected chi connectivity index (χ1v) is 6.27. The van der Waals surface area contributed by atoms with Crippen LogP contribution in [0.15, 0.2) is 0 Å². The second-order valence-corrected chi connectivity index (χ2v) is 6.27. The van der Waals surface area contributed by atoms with E-state index in [1.807, 2.05) is 0 Å². The van der Waals surface area contributed by atoms with E-state index in [1.165, 1.54) is 6.26 Å². The number of aliphatic hydroxyl groups is 1. The summed E-state index contributed by atoms with van der Waals surface area (Å²) in [6, 6.07) is 0. The highest BCUT2D eigenvalue weighted by Crippen LogP contribution is 2.41. The SMILES string of the molecule is CC(O)(CCS(C)(=O)=O)C1CC1. The molecule has 1 N–H and O–H groups in total. The molecule has 0 aromatic carbocycles. The lowest BCUT2D eigenvalue weighted by Crippen LogP contribution is -2.29. The molecule has 1 atom stereocenters. The predicted octanol–water partition coefficient (Wildman–Crippen LogP) is 0.582. The molecule has 0 bridgehead atoms. The molecule has 12 heavy (non-hydrogen) atoms. The highest BCUT2D eigenvalue weighted by Gasteiger charge is 2.39. The third kappa shape index (κ3) is 3.11. The topological polar surface area (TPSA) is 54.4 Å². The first kappa shape index (κ1) is 9.99. The molecule has 1 aliphatic carbocycles. The van der Waals surface area contributed by atoms with Gasteiger partial charge in [-0.3, -0.25) is 0 Å². The molecule has 0 heterocycles. The molecule has 0 amide bonds. The van der Waals surface area contributed by atoms with Crippen LogP contribution >= 0.6 is 0 Å². The van der Waals surface area contributed by atoms with Gasteiger partial charge in [0, 0.05) is 6.26 Å². The van der Waals surface area contributed by atoms with Crippen molar-refractivity contribution in [3.8, 4) is 0 Å². The van der Waals surface area contributed by atoms with Crippen molar-refractivity contribution in [1.82, 2.24) is 0 Å². The second-order valence-electron chi connectivity index (χ2n) is 4.01. The summed E-state index contributed by atoms with van der Waals surface area (Å²) in [5, 5.41) is 9.75. The third-order valence-corrected chi connectivity index (χ3v) is 3.38. The Morgan fingerprint density at radius 1 is 1.50 bits per heavy atom. The molecule has 72 valence electrons. The molecule has 0 aromatic heterocycles. The Morgan fingerprint density at radius 3 is 2.33 bits per heavy atom. The van der Waals surface area contributed by atoms with Crippen molar-refractivity contribution in [3.63, 3.8) is 0 Å². The minimum absolute atomic E-state index is 0.0938. The van der Waals surface area contributed by atoms with Crippen LogP contribution in [0, 0.1) is 5.92 Å². The molecule has 0 aromatic rings. The van der Waals surface area contributed by atoms with Crippen LogP contribution < -0.4 is 0 Å². The zero-order chi connectivity index (χ0) is 9.41. The van der Waals surface area contributed by atoms with Crippen LogP contribution in [0.1, 0.15) is 26.2 Å². The highest BCUT2D eigenvalue weighted by atomic mass is 32.2. The van der Waals surface area contributed by atoms with E-state index in [0.717, 1.165) is 12.8 Å². The van der Waals surface area contributed by atoms with Crippen molar-refractivity contribution in [2.24, 2.45) is 5.92 Å². The van der Waals surface area contributed by atoms with Gasteiger partial charge in [-0.05, 0) is 32.1 Å². The maximum atomic E-state index is 10.8. The lowest BCUT2D eigenvalue weighted by Gasteiger charge is -2.21. The maximum Gasteiger partial charge on any atom is 0.147 e. The van der Waals surface area contributed by atoms with Crippen molar-refractivity contribution >= 4 is 9.84 Å². The fraction of sp³-hybridized carbons (Fsp3) is 1.00. The van der Waals surface area contributed by atoms with Crippen LogP contribution in [0.3, 0.4) is 0 Å². The number of hydrogen-bond donors (Lipinski definition) is 1. The Balaban J connectivity index is 2.40. The van der Waals surface area contributed by atoms with Gasteiger partial charge in [0.25, 0.3) is 0 Å². The van der Waals surface area contributed by atoms with Crippen LogP contribution in [0.25, 0.3) is 0 Å². The van der Waals surface area contributed by atoms with Crippen LogP contribution in [-0.2, 0) is 9.84 Å². The third-order valence-electron chi connectivity index (χ3n) is 2.44. The molecule has 1 aliphatic rings. The molecule has 1 unspecified atom stereocenters.